The van der Waals surface area contributed by atoms with Gasteiger partial charge in [-0.2, -0.15) is 0 Å². The van der Waals surface area contributed by atoms with Gasteiger partial charge in [-0.3, -0.25) is 9.59 Å². The zero-order valence-corrected chi connectivity index (χ0v) is 10.5. The maximum Gasteiger partial charge on any atom is 0.305 e. The normalized spacial score (nSPS) is 18.5. The summed E-state index contributed by atoms with van der Waals surface area (Å²) < 4.78 is 4.97. The van der Waals surface area contributed by atoms with Gasteiger partial charge in [0.05, 0.1) is 18.6 Å². The molecule has 2 N–H and O–H groups in total. The Hall–Kier alpha value is -1.10. The highest BCUT2D eigenvalue weighted by atomic mass is 16.5. The van der Waals surface area contributed by atoms with E-state index in [2.05, 4.69) is 5.32 Å². The number of carboxylic acid groups (broad SMARTS) is 1. The van der Waals surface area contributed by atoms with Crippen molar-refractivity contribution in [2.75, 3.05) is 13.7 Å². The fourth-order valence-corrected chi connectivity index (χ4v) is 1.92. The van der Waals surface area contributed by atoms with Crippen LogP contribution in [0.4, 0.5) is 0 Å². The Morgan fingerprint density at radius 2 is 2.12 bits per heavy atom. The lowest BCUT2D eigenvalue weighted by Crippen LogP contribution is -2.50. The Morgan fingerprint density at radius 1 is 1.47 bits per heavy atom. The number of aliphatic carboxylic acids is 1. The fourth-order valence-electron chi connectivity index (χ4n) is 1.92. The van der Waals surface area contributed by atoms with E-state index in [4.69, 9.17) is 9.84 Å². The molecule has 1 amide bonds. The number of methoxy groups -OCH3 is 1. The summed E-state index contributed by atoms with van der Waals surface area (Å²) in [4.78, 5) is 22.4. The van der Waals surface area contributed by atoms with Crippen molar-refractivity contribution in [1.82, 2.24) is 5.32 Å². The summed E-state index contributed by atoms with van der Waals surface area (Å²) >= 11 is 0. The number of hydrogen-bond acceptors (Lipinski definition) is 3. The molecule has 1 saturated carbocycles. The van der Waals surface area contributed by atoms with Crippen molar-refractivity contribution in [3.8, 4) is 0 Å². The molecule has 0 aromatic heterocycles. The molecule has 1 rings (SSSR count). The second-order valence-corrected chi connectivity index (χ2v) is 5.09. The van der Waals surface area contributed by atoms with Gasteiger partial charge in [0.25, 0.3) is 0 Å². The van der Waals surface area contributed by atoms with Crippen LogP contribution in [0.5, 0.6) is 0 Å². The molecular weight excluding hydrogens is 222 g/mol. The first-order valence-corrected chi connectivity index (χ1v) is 5.97. The number of hydrogen-bond donors (Lipinski definition) is 2. The van der Waals surface area contributed by atoms with Crippen LogP contribution in [0.3, 0.4) is 0 Å². The van der Waals surface area contributed by atoms with Crippen LogP contribution in [0.2, 0.25) is 0 Å². The average Bonchev–Trinajstić information content (AvgIpc) is 2.96. The van der Waals surface area contributed by atoms with E-state index in [-0.39, 0.29) is 18.9 Å². The van der Waals surface area contributed by atoms with Crippen LogP contribution < -0.4 is 5.32 Å². The highest BCUT2D eigenvalue weighted by Gasteiger charge is 2.30. The van der Waals surface area contributed by atoms with Crippen molar-refractivity contribution >= 4 is 11.9 Å². The smallest absolute Gasteiger partial charge is 0.305 e. The van der Waals surface area contributed by atoms with Gasteiger partial charge >= 0.3 is 5.97 Å². The maximum atomic E-state index is 11.7. The minimum Gasteiger partial charge on any atom is -0.481 e. The lowest BCUT2D eigenvalue weighted by atomic mass is 9.98. The molecule has 0 aromatic rings. The first-order valence-electron chi connectivity index (χ1n) is 5.97. The predicted octanol–water partition coefficient (Wildman–Crippen LogP) is 1.17. The van der Waals surface area contributed by atoms with Gasteiger partial charge in [-0.25, -0.2) is 0 Å². The van der Waals surface area contributed by atoms with Crippen molar-refractivity contribution in [2.45, 2.75) is 44.6 Å². The van der Waals surface area contributed by atoms with Gasteiger partial charge in [-0.1, -0.05) is 12.8 Å². The molecule has 5 heteroatoms. The Balaban J connectivity index is 2.39. The van der Waals surface area contributed by atoms with E-state index in [1.807, 2.05) is 0 Å². The largest absolute Gasteiger partial charge is 0.481 e. The van der Waals surface area contributed by atoms with Crippen LogP contribution in [0.1, 0.15) is 39.0 Å². The van der Waals surface area contributed by atoms with E-state index < -0.39 is 11.5 Å². The standard InChI is InChI=1S/C12H21NO4/c1-12(8-17-2,7-11(15)16)13-10(14)6-5-9-3-4-9/h9H,3-8H2,1-2H3,(H,13,14)(H,15,16). The summed E-state index contributed by atoms with van der Waals surface area (Å²) in [6, 6.07) is 0. The van der Waals surface area contributed by atoms with Gasteiger partial charge in [0.1, 0.15) is 0 Å². The number of carboxylic acids is 1. The van der Waals surface area contributed by atoms with E-state index >= 15 is 0 Å². The average molecular weight is 243 g/mol. The highest BCUT2D eigenvalue weighted by Crippen LogP contribution is 2.33. The first kappa shape index (κ1) is 14.0. The Morgan fingerprint density at radius 3 is 2.59 bits per heavy atom. The summed E-state index contributed by atoms with van der Waals surface area (Å²) in [5.41, 5.74) is -0.818. The molecule has 0 aromatic carbocycles. The number of amides is 1. The van der Waals surface area contributed by atoms with Crippen LogP contribution in [0, 0.1) is 5.92 Å². The molecule has 1 aliphatic rings. The molecule has 98 valence electrons. The summed E-state index contributed by atoms with van der Waals surface area (Å²) in [5.74, 6) is -0.321. The molecule has 1 aliphatic carbocycles. The molecule has 0 heterocycles. The topological polar surface area (TPSA) is 75.6 Å². The van der Waals surface area contributed by atoms with Crippen LogP contribution >= 0.6 is 0 Å². The number of carbonyl (C=O) groups is 2. The molecule has 0 saturated heterocycles. The number of rotatable bonds is 8. The minimum atomic E-state index is -0.938. The lowest BCUT2D eigenvalue weighted by molar-refractivity contribution is -0.139. The number of carbonyl (C=O) groups excluding carboxylic acids is 1. The van der Waals surface area contributed by atoms with Gasteiger partial charge in [-0.15, -0.1) is 0 Å². The molecule has 0 radical (unpaired) electrons. The maximum absolute atomic E-state index is 11.7. The molecule has 1 atom stereocenters. The van der Waals surface area contributed by atoms with Crippen LogP contribution in [-0.4, -0.2) is 36.2 Å². The van der Waals surface area contributed by atoms with Crippen molar-refractivity contribution in [3.63, 3.8) is 0 Å². The molecular formula is C12H21NO4. The van der Waals surface area contributed by atoms with Gasteiger partial charge in [0, 0.05) is 13.5 Å². The quantitative estimate of drug-likeness (QED) is 0.671. The third kappa shape index (κ3) is 5.68. The number of ether oxygens (including phenoxy) is 1. The second kappa shape index (κ2) is 6.00. The minimum absolute atomic E-state index is 0.0855. The monoisotopic (exact) mass is 243 g/mol. The second-order valence-electron chi connectivity index (χ2n) is 5.09. The summed E-state index contributed by atoms with van der Waals surface area (Å²) in [6.45, 7) is 1.90. The van der Waals surface area contributed by atoms with Crippen LogP contribution in [-0.2, 0) is 14.3 Å². The van der Waals surface area contributed by atoms with Crippen molar-refractivity contribution in [1.29, 1.82) is 0 Å². The third-order valence-corrected chi connectivity index (χ3v) is 2.92. The molecule has 0 bridgehead atoms. The zero-order valence-electron chi connectivity index (χ0n) is 10.5. The zero-order chi connectivity index (χ0) is 12.9. The highest BCUT2D eigenvalue weighted by molar-refractivity contribution is 5.78. The van der Waals surface area contributed by atoms with Gasteiger partial charge in [-0.05, 0) is 19.3 Å². The molecule has 1 fully saturated rings. The van der Waals surface area contributed by atoms with Crippen LogP contribution in [0.15, 0.2) is 0 Å². The Labute approximate surface area is 102 Å². The van der Waals surface area contributed by atoms with Gasteiger partial charge in [0.15, 0.2) is 0 Å². The van der Waals surface area contributed by atoms with Gasteiger partial charge in [0.2, 0.25) is 5.91 Å². The molecule has 5 nitrogen and oxygen atoms in total. The molecule has 0 spiro atoms. The third-order valence-electron chi connectivity index (χ3n) is 2.92. The van der Waals surface area contributed by atoms with E-state index in [1.54, 1.807) is 6.92 Å². The van der Waals surface area contributed by atoms with E-state index in [9.17, 15) is 9.59 Å². The first-order chi connectivity index (χ1) is 7.95. The predicted molar refractivity (Wildman–Crippen MR) is 62.6 cm³/mol. The van der Waals surface area contributed by atoms with Crippen molar-refractivity contribution in [2.24, 2.45) is 5.92 Å². The summed E-state index contributed by atoms with van der Waals surface area (Å²) in [6.07, 6.45) is 3.69. The van der Waals surface area contributed by atoms with E-state index in [0.29, 0.717) is 12.3 Å². The summed E-state index contributed by atoms with van der Waals surface area (Å²) in [7, 11) is 1.50. The molecule has 1 unspecified atom stereocenters. The number of nitrogens with one attached hydrogen (secondary N) is 1. The Kier molecular flexibility index (Phi) is 4.93. The molecule has 17 heavy (non-hydrogen) atoms. The van der Waals surface area contributed by atoms with Crippen molar-refractivity contribution < 1.29 is 19.4 Å². The lowest BCUT2D eigenvalue weighted by Gasteiger charge is -2.28. The van der Waals surface area contributed by atoms with Gasteiger partial charge < -0.3 is 15.2 Å². The fraction of sp³-hybridized carbons (Fsp3) is 0.833. The molecule has 0 aliphatic heterocycles. The summed E-state index contributed by atoms with van der Waals surface area (Å²) in [5, 5.41) is 11.6. The van der Waals surface area contributed by atoms with Crippen LogP contribution in [0.25, 0.3) is 0 Å². The van der Waals surface area contributed by atoms with E-state index in [0.717, 1.165) is 6.42 Å². The Bertz CT molecular complexity index is 288. The SMILES string of the molecule is COCC(C)(CC(=O)O)NC(=O)CCC1CC1. The van der Waals surface area contributed by atoms with Crippen molar-refractivity contribution in [3.05, 3.63) is 0 Å². The van der Waals surface area contributed by atoms with E-state index in [1.165, 1.54) is 20.0 Å².